The summed E-state index contributed by atoms with van der Waals surface area (Å²) in [6, 6.07) is 3.39. The van der Waals surface area contributed by atoms with Gasteiger partial charge in [-0.1, -0.05) is 0 Å². The lowest BCUT2D eigenvalue weighted by Crippen LogP contribution is -2.27. The van der Waals surface area contributed by atoms with Gasteiger partial charge in [-0.2, -0.15) is 0 Å². The quantitative estimate of drug-likeness (QED) is 0.583. The van der Waals surface area contributed by atoms with E-state index in [2.05, 4.69) is 0 Å². The zero-order chi connectivity index (χ0) is 14.8. The second-order valence-electron chi connectivity index (χ2n) is 4.18. The SMILES string of the molecule is CC(O)CN(C)c1ccc(S(N)(=O)=O)cc1[N+](=O)[O-]. The molecule has 0 bridgehead atoms. The van der Waals surface area contributed by atoms with Crippen LogP contribution in [0.15, 0.2) is 23.1 Å². The van der Waals surface area contributed by atoms with Gasteiger partial charge in [0, 0.05) is 19.7 Å². The van der Waals surface area contributed by atoms with Gasteiger partial charge in [-0.05, 0) is 19.1 Å². The van der Waals surface area contributed by atoms with Crippen molar-refractivity contribution in [2.75, 3.05) is 18.5 Å². The van der Waals surface area contributed by atoms with Gasteiger partial charge < -0.3 is 10.0 Å². The van der Waals surface area contributed by atoms with Gasteiger partial charge >= 0.3 is 0 Å². The maximum absolute atomic E-state index is 11.2. The minimum absolute atomic E-state index is 0.176. The van der Waals surface area contributed by atoms with E-state index in [0.29, 0.717) is 0 Å². The van der Waals surface area contributed by atoms with Crippen molar-refractivity contribution in [2.45, 2.75) is 17.9 Å². The molecule has 9 heteroatoms. The Morgan fingerprint density at radius 2 is 2.11 bits per heavy atom. The molecule has 1 unspecified atom stereocenters. The average Bonchev–Trinajstić information content (AvgIpc) is 2.25. The molecule has 0 saturated heterocycles. The van der Waals surface area contributed by atoms with Crippen LogP contribution < -0.4 is 10.0 Å². The zero-order valence-electron chi connectivity index (χ0n) is 10.5. The average molecular weight is 289 g/mol. The molecule has 0 aliphatic heterocycles. The molecule has 8 nitrogen and oxygen atoms in total. The smallest absolute Gasteiger partial charge is 0.293 e. The number of aliphatic hydroxyl groups excluding tert-OH is 1. The van der Waals surface area contributed by atoms with Crippen LogP contribution in [-0.4, -0.2) is 38.1 Å². The summed E-state index contributed by atoms with van der Waals surface area (Å²) < 4.78 is 22.3. The summed E-state index contributed by atoms with van der Waals surface area (Å²) in [5, 5.41) is 25.2. The molecule has 0 aliphatic rings. The maximum Gasteiger partial charge on any atom is 0.293 e. The highest BCUT2D eigenvalue weighted by atomic mass is 32.2. The Balaban J connectivity index is 3.31. The van der Waals surface area contributed by atoms with Gasteiger partial charge in [-0.25, -0.2) is 13.6 Å². The molecule has 106 valence electrons. The van der Waals surface area contributed by atoms with Gasteiger partial charge in [-0.3, -0.25) is 10.1 Å². The standard InChI is InChI=1S/C10H15N3O5S/c1-7(14)6-12(2)9-4-3-8(19(11,17)18)5-10(9)13(15)16/h3-5,7,14H,6H2,1-2H3,(H2,11,17,18). The number of nitrogens with two attached hydrogens (primary N) is 1. The number of nitro groups is 1. The number of likely N-dealkylation sites (N-methyl/N-ethyl adjacent to an activating group) is 1. The van der Waals surface area contributed by atoms with Crippen molar-refractivity contribution in [1.29, 1.82) is 0 Å². The predicted octanol–water partition coefficient (Wildman–Crippen LogP) is 0.0592. The van der Waals surface area contributed by atoms with E-state index >= 15 is 0 Å². The van der Waals surface area contributed by atoms with E-state index in [1.165, 1.54) is 17.0 Å². The van der Waals surface area contributed by atoms with Gasteiger partial charge in [0.1, 0.15) is 5.69 Å². The third-order valence-corrected chi connectivity index (χ3v) is 3.33. The number of anilines is 1. The van der Waals surface area contributed by atoms with E-state index in [-0.39, 0.29) is 22.8 Å². The van der Waals surface area contributed by atoms with Crippen molar-refractivity contribution in [2.24, 2.45) is 5.14 Å². The number of nitrogens with zero attached hydrogens (tertiary/aromatic N) is 2. The van der Waals surface area contributed by atoms with Crippen LogP contribution in [0.2, 0.25) is 0 Å². The summed E-state index contributed by atoms with van der Waals surface area (Å²) in [7, 11) is -2.44. The molecule has 0 saturated carbocycles. The lowest BCUT2D eigenvalue weighted by atomic mass is 10.2. The van der Waals surface area contributed by atoms with Crippen LogP contribution in [0.5, 0.6) is 0 Å². The molecular formula is C10H15N3O5S. The summed E-state index contributed by atoms with van der Waals surface area (Å²) in [5.41, 5.74) is -0.173. The third kappa shape index (κ3) is 3.88. The first-order chi connectivity index (χ1) is 8.62. The van der Waals surface area contributed by atoms with Crippen molar-refractivity contribution in [3.8, 4) is 0 Å². The van der Waals surface area contributed by atoms with Gasteiger partial charge in [0.05, 0.1) is 15.9 Å². The molecular weight excluding hydrogens is 274 g/mol. The van der Waals surface area contributed by atoms with Crippen molar-refractivity contribution >= 4 is 21.4 Å². The van der Waals surface area contributed by atoms with Crippen molar-refractivity contribution in [1.82, 2.24) is 0 Å². The van der Waals surface area contributed by atoms with Gasteiger partial charge in [0.15, 0.2) is 0 Å². The Hall–Kier alpha value is -1.71. The number of hydrogen-bond donors (Lipinski definition) is 2. The lowest BCUT2D eigenvalue weighted by molar-refractivity contribution is -0.384. The number of primary sulfonamides is 1. The molecule has 3 N–H and O–H groups in total. The molecule has 1 aromatic rings. The number of nitro benzene ring substituents is 1. The molecule has 1 aromatic carbocycles. The highest BCUT2D eigenvalue weighted by Crippen LogP contribution is 2.29. The van der Waals surface area contributed by atoms with Crippen LogP contribution in [0, 0.1) is 10.1 Å². The normalized spacial score (nSPS) is 13.1. The summed E-state index contributed by atoms with van der Waals surface area (Å²) >= 11 is 0. The van der Waals surface area contributed by atoms with E-state index < -0.39 is 21.1 Å². The van der Waals surface area contributed by atoms with Crippen LogP contribution in [-0.2, 0) is 10.0 Å². The first-order valence-corrected chi connectivity index (χ1v) is 6.88. The molecule has 1 rings (SSSR count). The first kappa shape index (κ1) is 15.3. The molecule has 1 atom stereocenters. The molecule has 19 heavy (non-hydrogen) atoms. The topological polar surface area (TPSA) is 127 Å². The van der Waals surface area contributed by atoms with Crippen LogP contribution in [0.25, 0.3) is 0 Å². The Labute approximate surface area is 110 Å². The zero-order valence-corrected chi connectivity index (χ0v) is 11.3. The minimum atomic E-state index is -4.00. The fourth-order valence-corrected chi connectivity index (χ4v) is 2.18. The molecule has 0 spiro atoms. The Morgan fingerprint density at radius 1 is 1.53 bits per heavy atom. The summed E-state index contributed by atoms with van der Waals surface area (Å²) in [6.45, 7) is 1.72. The highest BCUT2D eigenvalue weighted by molar-refractivity contribution is 7.89. The second-order valence-corrected chi connectivity index (χ2v) is 5.74. The highest BCUT2D eigenvalue weighted by Gasteiger charge is 2.21. The van der Waals surface area contributed by atoms with Crippen molar-refractivity contribution in [3.63, 3.8) is 0 Å². The van der Waals surface area contributed by atoms with Crippen molar-refractivity contribution < 1.29 is 18.4 Å². The van der Waals surface area contributed by atoms with E-state index in [0.717, 1.165) is 6.07 Å². The Morgan fingerprint density at radius 3 is 2.53 bits per heavy atom. The third-order valence-electron chi connectivity index (χ3n) is 2.42. The largest absolute Gasteiger partial charge is 0.392 e. The van der Waals surface area contributed by atoms with Crippen LogP contribution >= 0.6 is 0 Å². The molecule has 0 fully saturated rings. The number of sulfonamides is 1. The Kier molecular flexibility index (Phi) is 4.45. The molecule has 0 radical (unpaired) electrons. The summed E-state index contributed by atoms with van der Waals surface area (Å²) in [5.74, 6) is 0. The van der Waals surface area contributed by atoms with Crippen LogP contribution in [0.1, 0.15) is 6.92 Å². The van der Waals surface area contributed by atoms with Gasteiger partial charge in [-0.15, -0.1) is 0 Å². The first-order valence-electron chi connectivity index (χ1n) is 5.33. The minimum Gasteiger partial charge on any atom is -0.392 e. The van der Waals surface area contributed by atoms with E-state index in [4.69, 9.17) is 5.14 Å². The predicted molar refractivity (Wildman–Crippen MR) is 69.4 cm³/mol. The second kappa shape index (κ2) is 5.51. The number of benzene rings is 1. The summed E-state index contributed by atoms with van der Waals surface area (Å²) in [6.07, 6.45) is -0.678. The number of aliphatic hydroxyl groups is 1. The monoisotopic (exact) mass is 289 g/mol. The van der Waals surface area contributed by atoms with Crippen LogP contribution in [0.4, 0.5) is 11.4 Å². The Bertz CT molecular complexity index is 585. The maximum atomic E-state index is 11.2. The molecule has 0 amide bonds. The fraction of sp³-hybridized carbons (Fsp3) is 0.400. The summed E-state index contributed by atoms with van der Waals surface area (Å²) in [4.78, 5) is 11.4. The van der Waals surface area contributed by atoms with E-state index in [9.17, 15) is 23.6 Å². The van der Waals surface area contributed by atoms with Gasteiger partial charge in [0.2, 0.25) is 10.0 Å². The van der Waals surface area contributed by atoms with Crippen LogP contribution in [0.3, 0.4) is 0 Å². The van der Waals surface area contributed by atoms with E-state index in [1.54, 1.807) is 14.0 Å². The van der Waals surface area contributed by atoms with E-state index in [1.807, 2.05) is 0 Å². The lowest BCUT2D eigenvalue weighted by Gasteiger charge is -2.20. The molecule has 0 heterocycles. The number of hydrogen-bond acceptors (Lipinski definition) is 6. The fourth-order valence-electron chi connectivity index (χ4n) is 1.64. The molecule has 0 aliphatic carbocycles. The number of rotatable bonds is 5. The van der Waals surface area contributed by atoms with Crippen molar-refractivity contribution in [3.05, 3.63) is 28.3 Å². The molecule has 0 aromatic heterocycles. The van der Waals surface area contributed by atoms with Gasteiger partial charge in [0.25, 0.3) is 5.69 Å².